The van der Waals surface area contributed by atoms with Crippen molar-refractivity contribution < 1.29 is 18.7 Å². The molecule has 3 N–H and O–H groups in total. The number of benzene rings is 2. The SMILES string of the molecule is COc1ccc2c(CC(=O)Nc3ccc(N4CCC(C(N)=O)CC4)cc3)coc2c1. The Morgan fingerprint density at radius 2 is 1.90 bits per heavy atom. The third-order valence-corrected chi connectivity index (χ3v) is 5.63. The molecule has 0 aliphatic carbocycles. The Bertz CT molecular complexity index is 1050. The van der Waals surface area contributed by atoms with Crippen LogP contribution in [-0.2, 0) is 16.0 Å². The standard InChI is InChI=1S/C23H25N3O4/c1-29-19-6-7-20-16(14-30-21(20)13-19)12-22(27)25-17-2-4-18(5-3-17)26-10-8-15(9-11-26)23(24)28/h2-7,13-15H,8-12H2,1H3,(H2,24,28)(H,25,27). The maximum atomic E-state index is 12.5. The molecule has 0 radical (unpaired) electrons. The molecule has 0 spiro atoms. The van der Waals surface area contributed by atoms with Crippen molar-refractivity contribution in [3.8, 4) is 5.75 Å². The van der Waals surface area contributed by atoms with E-state index in [9.17, 15) is 9.59 Å². The van der Waals surface area contributed by atoms with Gasteiger partial charge >= 0.3 is 0 Å². The molecule has 1 fully saturated rings. The van der Waals surface area contributed by atoms with Gasteiger partial charge in [0, 0.05) is 47.4 Å². The average Bonchev–Trinajstić information content (AvgIpc) is 3.16. The minimum absolute atomic E-state index is 0.0279. The fourth-order valence-corrected chi connectivity index (χ4v) is 3.88. The highest BCUT2D eigenvalue weighted by Crippen LogP contribution is 2.27. The van der Waals surface area contributed by atoms with Crippen LogP contribution in [0.4, 0.5) is 11.4 Å². The average molecular weight is 407 g/mol. The lowest BCUT2D eigenvalue weighted by atomic mass is 9.96. The van der Waals surface area contributed by atoms with E-state index in [-0.39, 0.29) is 24.2 Å². The Balaban J connectivity index is 1.36. The number of fused-ring (bicyclic) bond motifs is 1. The molecule has 1 aliphatic heterocycles. The third kappa shape index (κ3) is 4.25. The second kappa shape index (κ2) is 8.49. The van der Waals surface area contributed by atoms with Gasteiger partial charge in [-0.1, -0.05) is 0 Å². The highest BCUT2D eigenvalue weighted by Gasteiger charge is 2.23. The predicted molar refractivity (Wildman–Crippen MR) is 116 cm³/mol. The number of piperidine rings is 1. The minimum Gasteiger partial charge on any atom is -0.497 e. The lowest BCUT2D eigenvalue weighted by Crippen LogP contribution is -2.38. The van der Waals surface area contributed by atoms with Crippen LogP contribution in [0.1, 0.15) is 18.4 Å². The first-order valence-corrected chi connectivity index (χ1v) is 10.0. The number of primary amides is 1. The van der Waals surface area contributed by atoms with E-state index < -0.39 is 0 Å². The molecule has 0 bridgehead atoms. The van der Waals surface area contributed by atoms with E-state index in [2.05, 4.69) is 10.2 Å². The molecule has 1 saturated heterocycles. The Morgan fingerprint density at radius 3 is 2.57 bits per heavy atom. The molecule has 2 amide bonds. The maximum Gasteiger partial charge on any atom is 0.228 e. The molecule has 0 unspecified atom stereocenters. The normalized spacial score (nSPS) is 14.6. The number of hydrogen-bond acceptors (Lipinski definition) is 5. The van der Waals surface area contributed by atoms with Gasteiger partial charge in [-0.2, -0.15) is 0 Å². The summed E-state index contributed by atoms with van der Waals surface area (Å²) in [7, 11) is 1.60. The molecule has 156 valence electrons. The molecule has 4 rings (SSSR count). The Morgan fingerprint density at radius 1 is 1.17 bits per heavy atom. The lowest BCUT2D eigenvalue weighted by molar-refractivity contribution is -0.122. The molecule has 7 nitrogen and oxygen atoms in total. The van der Waals surface area contributed by atoms with Gasteiger partial charge in [0.25, 0.3) is 0 Å². The quantitative estimate of drug-likeness (QED) is 0.653. The van der Waals surface area contributed by atoms with Crippen molar-refractivity contribution in [2.45, 2.75) is 19.3 Å². The summed E-state index contributed by atoms with van der Waals surface area (Å²) in [6, 6.07) is 13.3. The van der Waals surface area contributed by atoms with Crippen LogP contribution < -0.4 is 20.7 Å². The van der Waals surface area contributed by atoms with Gasteiger partial charge < -0.3 is 25.1 Å². The van der Waals surface area contributed by atoms with Gasteiger partial charge in [-0.15, -0.1) is 0 Å². The van der Waals surface area contributed by atoms with Crippen LogP contribution >= 0.6 is 0 Å². The molecular formula is C23H25N3O4. The molecule has 30 heavy (non-hydrogen) atoms. The summed E-state index contributed by atoms with van der Waals surface area (Å²) < 4.78 is 10.8. The monoisotopic (exact) mass is 407 g/mol. The summed E-state index contributed by atoms with van der Waals surface area (Å²) in [6.45, 7) is 1.61. The van der Waals surface area contributed by atoms with Gasteiger partial charge in [-0.05, 0) is 49.2 Å². The number of hydrogen-bond donors (Lipinski definition) is 2. The smallest absolute Gasteiger partial charge is 0.228 e. The first-order chi connectivity index (χ1) is 14.5. The van der Waals surface area contributed by atoms with E-state index in [0.29, 0.717) is 11.3 Å². The minimum atomic E-state index is -0.211. The Hall–Kier alpha value is -3.48. The number of nitrogens with one attached hydrogen (secondary N) is 1. The van der Waals surface area contributed by atoms with E-state index in [1.807, 2.05) is 42.5 Å². The largest absolute Gasteiger partial charge is 0.497 e. The van der Waals surface area contributed by atoms with E-state index in [1.54, 1.807) is 13.4 Å². The molecule has 0 atom stereocenters. The molecule has 0 saturated carbocycles. The maximum absolute atomic E-state index is 12.5. The second-order valence-corrected chi connectivity index (χ2v) is 7.56. The van der Waals surface area contributed by atoms with E-state index in [1.165, 1.54) is 0 Å². The summed E-state index contributed by atoms with van der Waals surface area (Å²) in [5, 5.41) is 3.84. The van der Waals surface area contributed by atoms with Crippen LogP contribution in [0.15, 0.2) is 53.1 Å². The fourth-order valence-electron chi connectivity index (χ4n) is 3.88. The van der Waals surface area contributed by atoms with Crippen LogP contribution in [0.2, 0.25) is 0 Å². The van der Waals surface area contributed by atoms with Crippen LogP contribution in [0.3, 0.4) is 0 Å². The summed E-state index contributed by atoms with van der Waals surface area (Å²) in [4.78, 5) is 26.0. The molecule has 1 aliphatic rings. The van der Waals surface area contributed by atoms with Gasteiger partial charge in [-0.3, -0.25) is 9.59 Å². The number of nitrogens with zero attached hydrogens (tertiary/aromatic N) is 1. The number of rotatable bonds is 6. The number of nitrogens with two attached hydrogens (primary N) is 1. The summed E-state index contributed by atoms with van der Waals surface area (Å²) >= 11 is 0. The number of carbonyl (C=O) groups is 2. The highest BCUT2D eigenvalue weighted by atomic mass is 16.5. The van der Waals surface area contributed by atoms with Crippen LogP contribution in [0, 0.1) is 5.92 Å². The van der Waals surface area contributed by atoms with Gasteiger partial charge in [-0.25, -0.2) is 0 Å². The van der Waals surface area contributed by atoms with E-state index in [0.717, 1.165) is 48.3 Å². The Labute approximate surface area is 174 Å². The number of ether oxygens (including phenoxy) is 1. The number of carbonyl (C=O) groups excluding carboxylic acids is 2. The van der Waals surface area contributed by atoms with Crippen LogP contribution in [0.25, 0.3) is 11.0 Å². The van der Waals surface area contributed by atoms with Crippen molar-refractivity contribution in [1.82, 2.24) is 0 Å². The van der Waals surface area contributed by atoms with Crippen molar-refractivity contribution in [3.05, 3.63) is 54.3 Å². The molecule has 2 heterocycles. The number of methoxy groups -OCH3 is 1. The third-order valence-electron chi connectivity index (χ3n) is 5.63. The van der Waals surface area contributed by atoms with Gasteiger partial charge in [0.1, 0.15) is 11.3 Å². The van der Waals surface area contributed by atoms with E-state index >= 15 is 0 Å². The topological polar surface area (TPSA) is 97.8 Å². The van der Waals surface area contributed by atoms with Crippen LogP contribution in [-0.4, -0.2) is 32.0 Å². The summed E-state index contributed by atoms with van der Waals surface area (Å²) in [5.41, 5.74) is 8.74. The number of furan rings is 1. The van der Waals surface area contributed by atoms with Gasteiger partial charge in [0.2, 0.25) is 11.8 Å². The zero-order valence-corrected chi connectivity index (χ0v) is 16.9. The fraction of sp³-hybridized carbons (Fsp3) is 0.304. The number of amides is 2. The zero-order chi connectivity index (χ0) is 21.1. The predicted octanol–water partition coefficient (Wildman–Crippen LogP) is 3.32. The molecule has 2 aromatic carbocycles. The molecular weight excluding hydrogens is 382 g/mol. The number of anilines is 2. The van der Waals surface area contributed by atoms with Crippen molar-refractivity contribution in [2.24, 2.45) is 11.7 Å². The first kappa shape index (κ1) is 19.8. The lowest BCUT2D eigenvalue weighted by Gasteiger charge is -2.32. The van der Waals surface area contributed by atoms with E-state index in [4.69, 9.17) is 14.9 Å². The van der Waals surface area contributed by atoms with Gasteiger partial charge in [0.15, 0.2) is 0 Å². The first-order valence-electron chi connectivity index (χ1n) is 10.0. The summed E-state index contributed by atoms with van der Waals surface area (Å²) in [5.74, 6) is 0.368. The second-order valence-electron chi connectivity index (χ2n) is 7.56. The molecule has 3 aromatic rings. The van der Waals surface area contributed by atoms with Crippen molar-refractivity contribution in [3.63, 3.8) is 0 Å². The van der Waals surface area contributed by atoms with Crippen molar-refractivity contribution in [2.75, 3.05) is 30.4 Å². The van der Waals surface area contributed by atoms with Crippen molar-refractivity contribution in [1.29, 1.82) is 0 Å². The Kier molecular flexibility index (Phi) is 5.61. The summed E-state index contributed by atoms with van der Waals surface area (Å²) in [6.07, 6.45) is 3.39. The zero-order valence-electron chi connectivity index (χ0n) is 16.9. The molecule has 7 heteroatoms. The van der Waals surface area contributed by atoms with Gasteiger partial charge in [0.05, 0.1) is 19.8 Å². The van der Waals surface area contributed by atoms with Crippen molar-refractivity contribution >= 4 is 34.2 Å². The highest BCUT2D eigenvalue weighted by molar-refractivity contribution is 5.95. The molecule has 1 aromatic heterocycles. The van der Waals surface area contributed by atoms with Crippen LogP contribution in [0.5, 0.6) is 5.75 Å².